The molecule has 0 heterocycles. The molecule has 0 atom stereocenters. The molecule has 1 aromatic carbocycles. The first-order chi connectivity index (χ1) is 10.1. The summed E-state index contributed by atoms with van der Waals surface area (Å²) in [6.45, 7) is 3.64. The van der Waals surface area contributed by atoms with Crippen LogP contribution in [0.4, 0.5) is 4.39 Å². The van der Waals surface area contributed by atoms with Crippen LogP contribution in [0.2, 0.25) is 0 Å². The Morgan fingerprint density at radius 1 is 1.32 bits per heavy atom. The SMILES string of the molecule is CCNC(=NCc1cccc(F)c1)NCC1(O)CCCC1.I. The van der Waals surface area contributed by atoms with Gasteiger partial charge in [-0.2, -0.15) is 0 Å². The van der Waals surface area contributed by atoms with Crippen molar-refractivity contribution >= 4 is 29.9 Å². The number of halogens is 2. The van der Waals surface area contributed by atoms with Gasteiger partial charge >= 0.3 is 0 Å². The highest BCUT2D eigenvalue weighted by atomic mass is 127. The molecule has 124 valence electrons. The molecule has 0 aliphatic heterocycles. The van der Waals surface area contributed by atoms with Crippen molar-refractivity contribution in [3.63, 3.8) is 0 Å². The number of aliphatic hydroxyl groups is 1. The van der Waals surface area contributed by atoms with E-state index in [0.717, 1.165) is 37.8 Å². The van der Waals surface area contributed by atoms with Crippen LogP contribution in [0.5, 0.6) is 0 Å². The van der Waals surface area contributed by atoms with Gasteiger partial charge in [0.25, 0.3) is 0 Å². The maximum absolute atomic E-state index is 13.1. The first-order valence-electron chi connectivity index (χ1n) is 7.60. The van der Waals surface area contributed by atoms with E-state index in [-0.39, 0.29) is 29.8 Å². The average molecular weight is 421 g/mol. The van der Waals surface area contributed by atoms with E-state index >= 15 is 0 Å². The second-order valence-corrected chi connectivity index (χ2v) is 5.61. The summed E-state index contributed by atoms with van der Waals surface area (Å²) < 4.78 is 13.1. The third-order valence-corrected chi connectivity index (χ3v) is 3.77. The van der Waals surface area contributed by atoms with Crippen LogP contribution in [-0.4, -0.2) is 29.8 Å². The Morgan fingerprint density at radius 2 is 2.05 bits per heavy atom. The molecule has 0 radical (unpaired) electrons. The molecule has 6 heteroatoms. The molecule has 0 amide bonds. The van der Waals surface area contributed by atoms with E-state index in [1.807, 2.05) is 13.0 Å². The standard InChI is InChI=1S/C16H24FN3O.HI/c1-2-18-15(20-12-16(21)8-3-4-9-16)19-11-13-6-5-7-14(17)10-13;/h5-7,10,21H,2-4,8-9,11-12H2,1H3,(H2,18,19,20);1H. The van der Waals surface area contributed by atoms with E-state index in [4.69, 9.17) is 0 Å². The van der Waals surface area contributed by atoms with E-state index in [1.165, 1.54) is 12.1 Å². The molecule has 0 aromatic heterocycles. The number of hydrogen-bond acceptors (Lipinski definition) is 2. The third-order valence-electron chi connectivity index (χ3n) is 3.77. The lowest BCUT2D eigenvalue weighted by atomic mass is 10.0. The van der Waals surface area contributed by atoms with Gasteiger partial charge in [0, 0.05) is 13.1 Å². The Kier molecular flexibility index (Phi) is 8.09. The molecule has 1 aliphatic carbocycles. The summed E-state index contributed by atoms with van der Waals surface area (Å²) in [5, 5.41) is 16.7. The van der Waals surface area contributed by atoms with Crippen molar-refractivity contribution in [3.8, 4) is 0 Å². The maximum atomic E-state index is 13.1. The molecule has 1 saturated carbocycles. The summed E-state index contributed by atoms with van der Waals surface area (Å²) >= 11 is 0. The van der Waals surface area contributed by atoms with Crippen LogP contribution in [0.3, 0.4) is 0 Å². The van der Waals surface area contributed by atoms with Crippen molar-refractivity contribution in [1.82, 2.24) is 10.6 Å². The van der Waals surface area contributed by atoms with E-state index in [2.05, 4.69) is 15.6 Å². The first-order valence-corrected chi connectivity index (χ1v) is 7.60. The normalized spacial score (nSPS) is 17.0. The second kappa shape index (κ2) is 9.29. The summed E-state index contributed by atoms with van der Waals surface area (Å²) in [5.41, 5.74) is 0.210. The van der Waals surface area contributed by atoms with Crippen LogP contribution >= 0.6 is 24.0 Å². The van der Waals surface area contributed by atoms with Crippen LogP contribution in [-0.2, 0) is 6.54 Å². The van der Waals surface area contributed by atoms with Gasteiger partial charge in [-0.15, -0.1) is 24.0 Å². The van der Waals surface area contributed by atoms with Gasteiger partial charge in [0.1, 0.15) is 5.82 Å². The largest absolute Gasteiger partial charge is 0.388 e. The minimum absolute atomic E-state index is 0. The lowest BCUT2D eigenvalue weighted by Crippen LogP contribution is -2.46. The zero-order valence-corrected chi connectivity index (χ0v) is 15.3. The molecule has 2 rings (SSSR count). The zero-order chi connectivity index (χ0) is 15.1. The summed E-state index contributed by atoms with van der Waals surface area (Å²) in [6, 6.07) is 6.44. The minimum Gasteiger partial charge on any atom is -0.388 e. The van der Waals surface area contributed by atoms with E-state index in [9.17, 15) is 9.50 Å². The number of nitrogens with one attached hydrogen (secondary N) is 2. The summed E-state index contributed by atoms with van der Waals surface area (Å²) in [5.74, 6) is 0.406. The van der Waals surface area contributed by atoms with Crippen molar-refractivity contribution in [2.75, 3.05) is 13.1 Å². The van der Waals surface area contributed by atoms with Crippen LogP contribution in [0, 0.1) is 5.82 Å². The number of hydrogen-bond donors (Lipinski definition) is 3. The van der Waals surface area contributed by atoms with Crippen LogP contribution in [0.25, 0.3) is 0 Å². The van der Waals surface area contributed by atoms with Crippen molar-refractivity contribution in [2.45, 2.75) is 44.8 Å². The number of nitrogens with zero attached hydrogens (tertiary/aromatic N) is 1. The van der Waals surface area contributed by atoms with Crippen molar-refractivity contribution in [1.29, 1.82) is 0 Å². The molecule has 3 N–H and O–H groups in total. The summed E-state index contributed by atoms with van der Waals surface area (Å²) in [7, 11) is 0. The van der Waals surface area contributed by atoms with E-state index in [1.54, 1.807) is 6.07 Å². The molecular weight excluding hydrogens is 396 g/mol. The summed E-state index contributed by atoms with van der Waals surface area (Å²) in [4.78, 5) is 4.43. The van der Waals surface area contributed by atoms with E-state index in [0.29, 0.717) is 19.0 Å². The van der Waals surface area contributed by atoms with Gasteiger partial charge in [-0.1, -0.05) is 25.0 Å². The Labute approximate surface area is 148 Å². The molecule has 0 bridgehead atoms. The average Bonchev–Trinajstić information content (AvgIpc) is 2.89. The Morgan fingerprint density at radius 3 is 2.68 bits per heavy atom. The highest BCUT2D eigenvalue weighted by Crippen LogP contribution is 2.28. The number of aliphatic imine (C=N–C) groups is 1. The van der Waals surface area contributed by atoms with Crippen molar-refractivity contribution in [3.05, 3.63) is 35.6 Å². The fraction of sp³-hybridized carbons (Fsp3) is 0.562. The molecule has 1 aromatic rings. The topological polar surface area (TPSA) is 56.7 Å². The quantitative estimate of drug-likeness (QED) is 0.390. The van der Waals surface area contributed by atoms with E-state index < -0.39 is 5.60 Å². The molecule has 0 unspecified atom stereocenters. The second-order valence-electron chi connectivity index (χ2n) is 5.61. The highest BCUT2D eigenvalue weighted by Gasteiger charge is 2.30. The lowest BCUT2D eigenvalue weighted by molar-refractivity contribution is 0.0522. The van der Waals surface area contributed by atoms with Crippen LogP contribution in [0.1, 0.15) is 38.2 Å². The maximum Gasteiger partial charge on any atom is 0.191 e. The number of benzene rings is 1. The molecule has 22 heavy (non-hydrogen) atoms. The summed E-state index contributed by atoms with van der Waals surface area (Å²) in [6.07, 6.45) is 3.83. The smallest absolute Gasteiger partial charge is 0.191 e. The van der Waals surface area contributed by atoms with Crippen LogP contribution in [0.15, 0.2) is 29.3 Å². The Bertz CT molecular complexity index is 490. The Hall–Kier alpha value is -0.890. The number of guanidine groups is 1. The van der Waals surface area contributed by atoms with Gasteiger partial charge < -0.3 is 15.7 Å². The lowest BCUT2D eigenvalue weighted by Gasteiger charge is -2.23. The fourth-order valence-electron chi connectivity index (χ4n) is 2.61. The van der Waals surface area contributed by atoms with Gasteiger partial charge in [-0.3, -0.25) is 0 Å². The molecule has 0 spiro atoms. The van der Waals surface area contributed by atoms with Gasteiger partial charge in [-0.25, -0.2) is 9.38 Å². The monoisotopic (exact) mass is 421 g/mol. The Balaban J connectivity index is 0.00000242. The third kappa shape index (κ3) is 6.08. The zero-order valence-electron chi connectivity index (χ0n) is 12.9. The van der Waals surface area contributed by atoms with Crippen LogP contribution < -0.4 is 10.6 Å². The predicted octanol–water partition coefficient (Wildman–Crippen LogP) is 2.80. The van der Waals surface area contributed by atoms with Crippen molar-refractivity contribution in [2.24, 2.45) is 4.99 Å². The predicted molar refractivity (Wildman–Crippen MR) is 98.1 cm³/mol. The highest BCUT2D eigenvalue weighted by molar-refractivity contribution is 14.0. The van der Waals surface area contributed by atoms with Gasteiger partial charge in [0.2, 0.25) is 0 Å². The van der Waals surface area contributed by atoms with Gasteiger partial charge in [0.15, 0.2) is 5.96 Å². The first kappa shape index (κ1) is 19.2. The van der Waals surface area contributed by atoms with Crippen molar-refractivity contribution < 1.29 is 9.50 Å². The molecule has 4 nitrogen and oxygen atoms in total. The molecular formula is C16H25FIN3O. The molecule has 1 fully saturated rings. The van der Waals surface area contributed by atoms with Gasteiger partial charge in [0.05, 0.1) is 12.1 Å². The molecule has 0 saturated heterocycles. The number of rotatable bonds is 5. The minimum atomic E-state index is -0.616. The fourth-order valence-corrected chi connectivity index (χ4v) is 2.61. The van der Waals surface area contributed by atoms with Gasteiger partial charge in [-0.05, 0) is 37.5 Å². The molecule has 1 aliphatic rings.